The van der Waals surface area contributed by atoms with Gasteiger partial charge in [-0.3, -0.25) is 4.79 Å². The van der Waals surface area contributed by atoms with E-state index in [1.165, 1.54) is 11.8 Å². The first-order valence-corrected chi connectivity index (χ1v) is 8.95. The molecule has 2 aromatic carbocycles. The molecule has 122 valence electrons. The maximum absolute atomic E-state index is 12.4. The largest absolute Gasteiger partial charge is 0.324 e. The maximum Gasteiger partial charge on any atom is 0.237 e. The molecular formula is C18H14Cl2N2OS. The molecule has 0 saturated heterocycles. The molecule has 24 heavy (non-hydrogen) atoms. The minimum Gasteiger partial charge on any atom is -0.324 e. The van der Waals surface area contributed by atoms with Gasteiger partial charge in [0.15, 0.2) is 0 Å². The lowest BCUT2D eigenvalue weighted by Crippen LogP contribution is -2.22. The molecule has 0 aliphatic carbocycles. The van der Waals surface area contributed by atoms with Gasteiger partial charge in [-0.15, -0.1) is 0 Å². The summed E-state index contributed by atoms with van der Waals surface area (Å²) in [6.07, 6.45) is 0. The van der Waals surface area contributed by atoms with Crippen molar-refractivity contribution in [1.29, 1.82) is 0 Å². The summed E-state index contributed by atoms with van der Waals surface area (Å²) in [5, 5.41) is 5.32. The van der Waals surface area contributed by atoms with E-state index in [0.29, 0.717) is 15.7 Å². The van der Waals surface area contributed by atoms with Gasteiger partial charge in [0.2, 0.25) is 5.91 Å². The van der Waals surface area contributed by atoms with E-state index in [1.807, 2.05) is 43.3 Å². The van der Waals surface area contributed by atoms with Gasteiger partial charge in [0.1, 0.15) is 0 Å². The van der Waals surface area contributed by atoms with Gasteiger partial charge in [-0.25, -0.2) is 4.98 Å². The Balaban J connectivity index is 1.70. The number of fused-ring (bicyclic) bond motifs is 1. The van der Waals surface area contributed by atoms with Crippen molar-refractivity contribution < 1.29 is 4.79 Å². The third-order valence-corrected chi connectivity index (χ3v) is 5.01. The van der Waals surface area contributed by atoms with E-state index in [2.05, 4.69) is 10.3 Å². The first-order chi connectivity index (χ1) is 11.5. The number of carbonyl (C=O) groups excluding carboxylic acids is 1. The van der Waals surface area contributed by atoms with Crippen LogP contribution in [0.4, 0.5) is 5.69 Å². The van der Waals surface area contributed by atoms with Crippen LogP contribution in [0.15, 0.2) is 59.6 Å². The van der Waals surface area contributed by atoms with Gasteiger partial charge in [0.25, 0.3) is 0 Å². The van der Waals surface area contributed by atoms with Crippen molar-refractivity contribution in [2.24, 2.45) is 0 Å². The van der Waals surface area contributed by atoms with Crippen LogP contribution in [-0.4, -0.2) is 16.1 Å². The average molecular weight is 377 g/mol. The number of nitrogens with zero attached hydrogens (tertiary/aromatic N) is 1. The molecule has 0 spiro atoms. The van der Waals surface area contributed by atoms with Crippen LogP contribution in [0, 0.1) is 0 Å². The summed E-state index contributed by atoms with van der Waals surface area (Å²) in [6.45, 7) is 1.83. The summed E-state index contributed by atoms with van der Waals surface area (Å²) >= 11 is 13.3. The van der Waals surface area contributed by atoms with Crippen molar-refractivity contribution in [2.75, 3.05) is 5.32 Å². The monoisotopic (exact) mass is 376 g/mol. The first-order valence-electron chi connectivity index (χ1n) is 7.31. The number of para-hydroxylation sites is 1. The minimum atomic E-state index is -0.314. The smallest absolute Gasteiger partial charge is 0.237 e. The number of benzene rings is 2. The van der Waals surface area contributed by atoms with Crippen molar-refractivity contribution in [1.82, 2.24) is 4.98 Å². The van der Waals surface area contributed by atoms with Crippen LogP contribution in [0.1, 0.15) is 6.92 Å². The molecule has 1 N–H and O–H groups in total. The zero-order valence-electron chi connectivity index (χ0n) is 12.8. The highest BCUT2D eigenvalue weighted by atomic mass is 35.5. The van der Waals surface area contributed by atoms with Gasteiger partial charge in [-0.2, -0.15) is 0 Å². The summed E-state index contributed by atoms with van der Waals surface area (Å²) in [4.78, 5) is 16.9. The van der Waals surface area contributed by atoms with Crippen LogP contribution in [0.3, 0.4) is 0 Å². The lowest BCUT2D eigenvalue weighted by Gasteiger charge is -2.13. The predicted octanol–water partition coefficient (Wildman–Crippen LogP) is 5.66. The van der Waals surface area contributed by atoms with E-state index in [-0.39, 0.29) is 11.2 Å². The zero-order valence-corrected chi connectivity index (χ0v) is 15.1. The molecule has 1 atom stereocenters. The highest BCUT2D eigenvalue weighted by Crippen LogP contribution is 2.28. The fourth-order valence-corrected chi connectivity index (χ4v) is 3.45. The Kier molecular flexibility index (Phi) is 5.29. The summed E-state index contributed by atoms with van der Waals surface area (Å²) in [5.41, 5.74) is 1.46. The van der Waals surface area contributed by atoms with Crippen LogP contribution < -0.4 is 5.32 Å². The molecule has 6 heteroatoms. The fourth-order valence-electron chi connectivity index (χ4n) is 2.17. The van der Waals surface area contributed by atoms with Crippen LogP contribution in [-0.2, 0) is 4.79 Å². The number of thioether (sulfide) groups is 1. The van der Waals surface area contributed by atoms with Crippen LogP contribution in [0.5, 0.6) is 0 Å². The number of amides is 1. The standard InChI is InChI=1S/C18H14Cl2N2OS/c1-11(18(23)22-16-8-7-13(19)10-14(16)20)24-17-9-6-12-4-2-3-5-15(12)21-17/h2-11H,1H3,(H,22,23). The van der Waals surface area contributed by atoms with E-state index >= 15 is 0 Å². The molecule has 0 saturated carbocycles. The van der Waals surface area contributed by atoms with E-state index in [4.69, 9.17) is 23.2 Å². The number of pyridine rings is 1. The average Bonchev–Trinajstić information content (AvgIpc) is 2.57. The van der Waals surface area contributed by atoms with Crippen LogP contribution in [0.2, 0.25) is 10.0 Å². The highest BCUT2D eigenvalue weighted by Gasteiger charge is 2.16. The molecule has 1 amide bonds. The SMILES string of the molecule is CC(Sc1ccc2ccccc2n1)C(=O)Nc1ccc(Cl)cc1Cl. The number of rotatable bonds is 4. The summed E-state index contributed by atoms with van der Waals surface area (Å²) in [7, 11) is 0. The van der Waals surface area contributed by atoms with Crippen LogP contribution in [0.25, 0.3) is 10.9 Å². The summed E-state index contributed by atoms with van der Waals surface area (Å²) in [6, 6.07) is 16.8. The number of halogens is 2. The second-order valence-electron chi connectivity index (χ2n) is 5.22. The van der Waals surface area contributed by atoms with Crippen molar-refractivity contribution >= 4 is 57.5 Å². The van der Waals surface area contributed by atoms with Gasteiger partial charge in [-0.1, -0.05) is 59.2 Å². The molecule has 0 radical (unpaired) electrons. The third kappa shape index (κ3) is 4.01. The quantitative estimate of drug-likeness (QED) is 0.597. The number of anilines is 1. The van der Waals surface area contributed by atoms with E-state index in [0.717, 1.165) is 15.9 Å². The first kappa shape index (κ1) is 17.1. The lowest BCUT2D eigenvalue weighted by molar-refractivity contribution is -0.115. The Labute approximate surface area is 154 Å². The molecule has 1 aromatic heterocycles. The topological polar surface area (TPSA) is 42.0 Å². The summed E-state index contributed by atoms with van der Waals surface area (Å²) in [5.74, 6) is -0.140. The van der Waals surface area contributed by atoms with Crippen molar-refractivity contribution in [3.8, 4) is 0 Å². The Hall–Kier alpha value is -1.75. The molecule has 0 bridgehead atoms. The van der Waals surface area contributed by atoms with Gasteiger partial charge in [0, 0.05) is 10.4 Å². The van der Waals surface area contributed by atoms with Crippen molar-refractivity contribution in [3.63, 3.8) is 0 Å². The molecule has 3 nitrogen and oxygen atoms in total. The van der Waals surface area contributed by atoms with Crippen LogP contribution >= 0.6 is 35.0 Å². The zero-order chi connectivity index (χ0) is 17.1. The van der Waals surface area contributed by atoms with Crippen molar-refractivity contribution in [3.05, 3.63) is 64.6 Å². The number of aromatic nitrogens is 1. The molecular weight excluding hydrogens is 363 g/mol. The Morgan fingerprint density at radius 1 is 1.12 bits per heavy atom. The summed E-state index contributed by atoms with van der Waals surface area (Å²) < 4.78 is 0. The second kappa shape index (κ2) is 7.43. The lowest BCUT2D eigenvalue weighted by atomic mass is 10.2. The minimum absolute atomic E-state index is 0.140. The van der Waals surface area contributed by atoms with Gasteiger partial charge in [0.05, 0.1) is 26.5 Å². The molecule has 0 aliphatic rings. The van der Waals surface area contributed by atoms with Gasteiger partial charge >= 0.3 is 0 Å². The van der Waals surface area contributed by atoms with Crippen molar-refractivity contribution in [2.45, 2.75) is 17.2 Å². The van der Waals surface area contributed by atoms with Gasteiger partial charge < -0.3 is 5.32 Å². The Morgan fingerprint density at radius 3 is 2.71 bits per heavy atom. The van der Waals surface area contributed by atoms with E-state index in [9.17, 15) is 4.79 Å². The predicted molar refractivity (Wildman–Crippen MR) is 102 cm³/mol. The number of nitrogens with one attached hydrogen (secondary N) is 1. The highest BCUT2D eigenvalue weighted by molar-refractivity contribution is 8.00. The normalized spacial score (nSPS) is 12.1. The van der Waals surface area contributed by atoms with E-state index in [1.54, 1.807) is 18.2 Å². The third-order valence-electron chi connectivity index (χ3n) is 3.43. The molecule has 3 rings (SSSR count). The maximum atomic E-state index is 12.4. The number of carbonyl (C=O) groups is 1. The number of hydrogen-bond donors (Lipinski definition) is 1. The molecule has 1 heterocycles. The Morgan fingerprint density at radius 2 is 1.92 bits per heavy atom. The molecule has 0 aliphatic heterocycles. The van der Waals surface area contributed by atoms with E-state index < -0.39 is 0 Å². The molecule has 3 aromatic rings. The Bertz CT molecular complexity index is 901. The van der Waals surface area contributed by atoms with Gasteiger partial charge in [-0.05, 0) is 37.3 Å². The molecule has 1 unspecified atom stereocenters. The fraction of sp³-hybridized carbons (Fsp3) is 0.111. The second-order valence-corrected chi connectivity index (χ2v) is 7.42. The molecule has 0 fully saturated rings. The number of hydrogen-bond acceptors (Lipinski definition) is 3.